The van der Waals surface area contributed by atoms with E-state index in [1.165, 1.54) is 0 Å². The molecule has 1 aromatic heterocycles. The molecule has 0 spiro atoms. The lowest BCUT2D eigenvalue weighted by molar-refractivity contribution is 0.450. The van der Waals surface area contributed by atoms with E-state index in [-0.39, 0.29) is 5.41 Å². The van der Waals surface area contributed by atoms with Crippen LogP contribution in [0.25, 0.3) is 0 Å². The van der Waals surface area contributed by atoms with Gasteiger partial charge in [-0.2, -0.15) is 0 Å². The summed E-state index contributed by atoms with van der Waals surface area (Å²) in [5.74, 6) is 1.19. The van der Waals surface area contributed by atoms with Crippen LogP contribution in [-0.2, 0) is 12.0 Å². The van der Waals surface area contributed by atoms with Crippen LogP contribution in [0.15, 0.2) is 36.4 Å². The maximum Gasteiger partial charge on any atom is 0.219 e. The van der Waals surface area contributed by atoms with Gasteiger partial charge in [0.25, 0.3) is 0 Å². The standard InChI is InChI=1S/C17H21ClN2O/c1-17(2,3)15-9-12(11-19-4)10-16(20-15)21-14-8-6-5-7-13(14)18/h5-10,19H,11H2,1-4H3. The molecule has 4 heteroatoms. The molecule has 2 aromatic rings. The van der Waals surface area contributed by atoms with Gasteiger partial charge in [-0.3, -0.25) is 0 Å². The van der Waals surface area contributed by atoms with E-state index >= 15 is 0 Å². The first-order valence-electron chi connectivity index (χ1n) is 6.98. The number of pyridine rings is 1. The maximum atomic E-state index is 6.14. The van der Waals surface area contributed by atoms with Crippen LogP contribution in [0.1, 0.15) is 32.0 Å². The summed E-state index contributed by atoms with van der Waals surface area (Å²) >= 11 is 6.14. The fourth-order valence-electron chi connectivity index (χ4n) is 1.94. The number of ether oxygens (including phenoxy) is 1. The van der Waals surface area contributed by atoms with Crippen LogP contribution in [0, 0.1) is 0 Å². The van der Waals surface area contributed by atoms with Crippen molar-refractivity contribution in [3.63, 3.8) is 0 Å². The van der Waals surface area contributed by atoms with Crippen LogP contribution in [0.2, 0.25) is 5.02 Å². The topological polar surface area (TPSA) is 34.1 Å². The predicted molar refractivity (Wildman–Crippen MR) is 87.2 cm³/mol. The Kier molecular flexibility index (Phi) is 4.86. The summed E-state index contributed by atoms with van der Waals surface area (Å²) in [7, 11) is 1.92. The van der Waals surface area contributed by atoms with Crippen LogP contribution in [-0.4, -0.2) is 12.0 Å². The van der Waals surface area contributed by atoms with Gasteiger partial charge >= 0.3 is 0 Å². The van der Waals surface area contributed by atoms with Gasteiger partial charge in [0.1, 0.15) is 5.75 Å². The summed E-state index contributed by atoms with van der Waals surface area (Å²) in [6.07, 6.45) is 0. The zero-order valence-corrected chi connectivity index (χ0v) is 13.7. The Balaban J connectivity index is 2.38. The largest absolute Gasteiger partial charge is 0.437 e. The molecular formula is C17H21ClN2O. The zero-order chi connectivity index (χ0) is 15.5. The van der Waals surface area contributed by atoms with Crippen molar-refractivity contribution in [2.24, 2.45) is 0 Å². The van der Waals surface area contributed by atoms with Crippen molar-refractivity contribution in [2.75, 3.05) is 7.05 Å². The van der Waals surface area contributed by atoms with Gasteiger partial charge in [-0.05, 0) is 30.8 Å². The summed E-state index contributed by atoms with van der Waals surface area (Å²) in [4.78, 5) is 4.61. The summed E-state index contributed by atoms with van der Waals surface area (Å²) in [5.41, 5.74) is 2.10. The second-order valence-corrected chi connectivity index (χ2v) is 6.42. The molecule has 1 N–H and O–H groups in total. The van der Waals surface area contributed by atoms with E-state index in [0.29, 0.717) is 16.7 Å². The molecule has 0 saturated heterocycles. The van der Waals surface area contributed by atoms with Crippen LogP contribution >= 0.6 is 11.6 Å². The fraction of sp³-hybridized carbons (Fsp3) is 0.353. The Bertz CT molecular complexity index is 620. The lowest BCUT2D eigenvalue weighted by Crippen LogP contribution is -2.15. The van der Waals surface area contributed by atoms with Crippen molar-refractivity contribution >= 4 is 11.6 Å². The summed E-state index contributed by atoms with van der Waals surface area (Å²) in [6.45, 7) is 7.18. The highest BCUT2D eigenvalue weighted by Crippen LogP contribution is 2.30. The molecule has 1 heterocycles. The van der Waals surface area contributed by atoms with Crippen molar-refractivity contribution in [3.8, 4) is 11.6 Å². The molecule has 0 fully saturated rings. The highest BCUT2D eigenvalue weighted by atomic mass is 35.5. The van der Waals surface area contributed by atoms with Crippen molar-refractivity contribution < 1.29 is 4.74 Å². The molecule has 3 nitrogen and oxygen atoms in total. The Hall–Kier alpha value is -1.58. The fourth-order valence-corrected chi connectivity index (χ4v) is 2.12. The van der Waals surface area contributed by atoms with E-state index in [4.69, 9.17) is 16.3 Å². The molecule has 1 aromatic carbocycles. The number of aromatic nitrogens is 1. The molecule has 0 unspecified atom stereocenters. The van der Waals surface area contributed by atoms with Crippen molar-refractivity contribution in [3.05, 3.63) is 52.7 Å². The van der Waals surface area contributed by atoms with E-state index in [0.717, 1.165) is 17.8 Å². The normalized spacial score (nSPS) is 11.5. The summed E-state index contributed by atoms with van der Waals surface area (Å²) < 4.78 is 5.86. The summed E-state index contributed by atoms with van der Waals surface area (Å²) in [6, 6.07) is 11.5. The molecule has 0 radical (unpaired) electrons. The van der Waals surface area contributed by atoms with Crippen molar-refractivity contribution in [2.45, 2.75) is 32.7 Å². The minimum absolute atomic E-state index is 0.0393. The van der Waals surface area contributed by atoms with E-state index in [1.807, 2.05) is 31.3 Å². The molecule has 112 valence electrons. The molecule has 0 bridgehead atoms. The molecule has 0 amide bonds. The first-order chi connectivity index (χ1) is 9.90. The van der Waals surface area contributed by atoms with Crippen LogP contribution in [0.3, 0.4) is 0 Å². The van der Waals surface area contributed by atoms with Gasteiger partial charge in [0.2, 0.25) is 5.88 Å². The van der Waals surface area contributed by atoms with E-state index < -0.39 is 0 Å². The first kappa shape index (κ1) is 15.8. The molecule has 0 aliphatic rings. The van der Waals surface area contributed by atoms with Crippen LogP contribution in [0.5, 0.6) is 11.6 Å². The number of rotatable bonds is 4. The minimum Gasteiger partial charge on any atom is -0.437 e. The van der Waals surface area contributed by atoms with E-state index in [9.17, 15) is 0 Å². The molecule has 0 saturated carbocycles. The van der Waals surface area contributed by atoms with Gasteiger partial charge in [0, 0.05) is 18.0 Å². The van der Waals surface area contributed by atoms with E-state index in [1.54, 1.807) is 6.07 Å². The smallest absolute Gasteiger partial charge is 0.219 e. The Morgan fingerprint density at radius 3 is 2.52 bits per heavy atom. The SMILES string of the molecule is CNCc1cc(Oc2ccccc2Cl)nc(C(C)(C)C)c1. The average molecular weight is 305 g/mol. The van der Waals surface area contributed by atoms with Crippen molar-refractivity contribution in [1.29, 1.82) is 0 Å². The number of halogens is 1. The van der Waals surface area contributed by atoms with Crippen LogP contribution < -0.4 is 10.1 Å². The highest BCUT2D eigenvalue weighted by Gasteiger charge is 2.18. The second kappa shape index (κ2) is 6.46. The zero-order valence-electron chi connectivity index (χ0n) is 12.9. The van der Waals surface area contributed by atoms with Gasteiger partial charge in [-0.15, -0.1) is 0 Å². The molecule has 21 heavy (non-hydrogen) atoms. The highest BCUT2D eigenvalue weighted by molar-refractivity contribution is 6.32. The number of nitrogens with zero attached hydrogens (tertiary/aromatic N) is 1. The van der Waals surface area contributed by atoms with Gasteiger partial charge in [0.15, 0.2) is 0 Å². The van der Waals surface area contributed by atoms with Gasteiger partial charge in [-0.25, -0.2) is 4.98 Å². The number of benzene rings is 1. The number of para-hydroxylation sites is 1. The summed E-state index contributed by atoms with van der Waals surface area (Å²) in [5, 5.41) is 3.74. The predicted octanol–water partition coefficient (Wildman–Crippen LogP) is 4.54. The lowest BCUT2D eigenvalue weighted by Gasteiger charge is -2.20. The molecule has 2 rings (SSSR count). The van der Waals surface area contributed by atoms with Crippen LogP contribution in [0.4, 0.5) is 0 Å². The molecule has 0 aliphatic heterocycles. The van der Waals surface area contributed by atoms with Gasteiger partial charge < -0.3 is 10.1 Å². The number of hydrogen-bond donors (Lipinski definition) is 1. The first-order valence-corrected chi connectivity index (χ1v) is 7.36. The van der Waals surface area contributed by atoms with Gasteiger partial charge in [0.05, 0.1) is 10.7 Å². The van der Waals surface area contributed by atoms with Crippen molar-refractivity contribution in [1.82, 2.24) is 10.3 Å². The molecular weight excluding hydrogens is 284 g/mol. The Morgan fingerprint density at radius 2 is 1.90 bits per heavy atom. The maximum absolute atomic E-state index is 6.14. The minimum atomic E-state index is -0.0393. The number of nitrogens with one attached hydrogen (secondary N) is 1. The Morgan fingerprint density at radius 1 is 1.19 bits per heavy atom. The second-order valence-electron chi connectivity index (χ2n) is 6.01. The average Bonchev–Trinajstić information content (AvgIpc) is 2.41. The molecule has 0 atom stereocenters. The third-order valence-electron chi connectivity index (χ3n) is 3.06. The number of hydrogen-bond acceptors (Lipinski definition) is 3. The molecule has 0 aliphatic carbocycles. The van der Waals surface area contributed by atoms with Gasteiger partial charge in [-0.1, -0.05) is 44.5 Å². The monoisotopic (exact) mass is 304 g/mol. The quantitative estimate of drug-likeness (QED) is 0.900. The van der Waals surface area contributed by atoms with E-state index in [2.05, 4.69) is 37.1 Å². The Labute approximate surface area is 131 Å². The lowest BCUT2D eigenvalue weighted by atomic mass is 9.91. The third-order valence-corrected chi connectivity index (χ3v) is 3.37. The third kappa shape index (κ3) is 4.19.